The van der Waals surface area contributed by atoms with Crippen LogP contribution >= 0.6 is 23.1 Å². The molecule has 0 fully saturated rings. The molecule has 11 aromatic heterocycles. The number of tetrazole rings is 2. The first-order valence-electron chi connectivity index (χ1n) is 25.9. The van der Waals surface area contributed by atoms with E-state index in [1.54, 1.807) is 116 Å². The maximum absolute atomic E-state index is 4.86. The summed E-state index contributed by atoms with van der Waals surface area (Å²) in [5.74, 6) is 2.79. The average molecular weight is 1180 g/mol. The Labute approximate surface area is 492 Å². The van der Waals surface area contributed by atoms with E-state index in [-0.39, 0.29) is 0 Å². The van der Waals surface area contributed by atoms with Gasteiger partial charge in [-0.1, -0.05) is 84.8 Å². The Bertz CT molecular complexity index is 2390. The van der Waals surface area contributed by atoms with Gasteiger partial charge in [0.25, 0.3) is 0 Å². The lowest BCUT2D eigenvalue weighted by molar-refractivity contribution is 0.302. The van der Waals surface area contributed by atoms with Crippen LogP contribution in [-0.4, -0.2) is 144 Å². The van der Waals surface area contributed by atoms with Crippen molar-refractivity contribution in [1.29, 1.82) is 0 Å². The van der Waals surface area contributed by atoms with Crippen molar-refractivity contribution >= 4 is 23.1 Å². The monoisotopic (exact) mass is 1180 g/mol. The van der Waals surface area contributed by atoms with Crippen LogP contribution in [-0.2, 0) is 49.3 Å². The molecule has 0 N–H and O–H groups in total. The normalized spacial score (nSPS) is 8.43. The topological polar surface area (TPSA) is 344 Å². The van der Waals surface area contributed by atoms with Crippen molar-refractivity contribution in [1.82, 2.24) is 144 Å². The largest absolute Gasteiger partial charge is 0.426 e. The van der Waals surface area contributed by atoms with E-state index in [2.05, 4.69) is 116 Å². The van der Waals surface area contributed by atoms with Gasteiger partial charge in [-0.15, -0.1) is 62.3 Å². The molecule has 0 aliphatic carbocycles. The van der Waals surface area contributed by atoms with Crippen LogP contribution < -0.4 is 0 Å². The van der Waals surface area contributed by atoms with Crippen molar-refractivity contribution in [2.24, 2.45) is 49.3 Å². The highest BCUT2D eigenvalue weighted by molar-refractivity contribution is 7.11. The second-order valence-electron chi connectivity index (χ2n) is 13.9. The summed E-state index contributed by atoms with van der Waals surface area (Å²) >= 11 is 2.89. The predicted molar refractivity (Wildman–Crippen MR) is 320 cm³/mol. The van der Waals surface area contributed by atoms with E-state index in [1.807, 2.05) is 175 Å². The van der Waals surface area contributed by atoms with Gasteiger partial charge < -0.3 is 13.6 Å². The Morgan fingerprint density at radius 3 is 1.09 bits per heavy atom. The van der Waals surface area contributed by atoms with Crippen LogP contribution in [0.3, 0.4) is 0 Å². The highest BCUT2D eigenvalue weighted by Gasteiger charge is 1.94. The Morgan fingerprint density at radius 1 is 0.451 bits per heavy atom. The van der Waals surface area contributed by atoms with Crippen molar-refractivity contribution in [3.63, 3.8) is 0 Å². The van der Waals surface area contributed by atoms with E-state index in [4.69, 9.17) is 4.42 Å². The molecule has 0 aliphatic heterocycles. The number of hydrogen-bond acceptors (Lipinski definition) is 26. The van der Waals surface area contributed by atoms with E-state index in [0.29, 0.717) is 17.6 Å². The minimum Gasteiger partial charge on any atom is -0.426 e. The van der Waals surface area contributed by atoms with Crippen molar-refractivity contribution in [2.45, 2.75) is 138 Å². The fraction of sp³-hybridized carbons (Fsp3) is 0.551. The van der Waals surface area contributed by atoms with Crippen LogP contribution in [0.1, 0.15) is 125 Å². The highest BCUT2D eigenvalue weighted by Crippen LogP contribution is 2.04. The lowest BCUT2D eigenvalue weighted by Gasteiger charge is -1.81. The summed E-state index contributed by atoms with van der Waals surface area (Å²) in [5.41, 5.74) is 3.81. The molecule has 11 aromatic rings. The molecule has 0 radical (unpaired) electrons. The first-order chi connectivity index (χ1) is 39.2. The van der Waals surface area contributed by atoms with Crippen molar-refractivity contribution in [2.75, 3.05) is 0 Å². The molecule has 0 amide bonds. The van der Waals surface area contributed by atoms with Crippen LogP contribution in [0.2, 0.25) is 0 Å². The summed E-state index contributed by atoms with van der Waals surface area (Å²) < 4.78 is 25.8. The number of hydrogen-bond donors (Lipinski definition) is 0. The molecular weight excluding hydrogens is 1090 g/mol. The third-order valence-corrected chi connectivity index (χ3v) is 8.82. The third kappa shape index (κ3) is 50.9. The third-order valence-electron chi connectivity index (χ3n) is 7.35. The maximum atomic E-state index is 4.86. The second kappa shape index (κ2) is 57.1. The van der Waals surface area contributed by atoms with Gasteiger partial charge in [0.15, 0.2) is 5.82 Å². The molecule has 0 bridgehead atoms. The smallest absolute Gasteiger partial charge is 0.213 e. The molecule has 0 atom stereocenters. The van der Waals surface area contributed by atoms with Gasteiger partial charge in [-0.05, 0) is 83.2 Å². The summed E-state index contributed by atoms with van der Waals surface area (Å²) in [4.78, 5) is 6.60. The minimum atomic E-state index is 0.623. The fourth-order valence-corrected chi connectivity index (χ4v) is 4.62. The zero-order valence-electron chi connectivity index (χ0n) is 53.5. The van der Waals surface area contributed by atoms with Crippen molar-refractivity contribution in [3.05, 3.63) is 131 Å². The number of rotatable bonds is 0. The summed E-state index contributed by atoms with van der Waals surface area (Å²) in [7, 11) is 12.8. The SMILES string of the molecule is CC.CC.CC.CC.CC.Cc1nnc(C)o1.Cc1nnc(C)s1.Cc1nnn(C)n1.Cc1nnnn1C.Cc1nonc1C.Cc1nsnc1C.Cn1cccc1.Cn1ccnn1.Cn1cncn1.Cn1cnnc1.Cn1nccn1. The van der Waals surface area contributed by atoms with Crippen LogP contribution in [0.5, 0.6) is 0 Å². The fourth-order valence-electron chi connectivity index (χ4n) is 3.48. The maximum Gasteiger partial charge on any atom is 0.213 e. The summed E-state index contributed by atoms with van der Waals surface area (Å²) in [6.45, 7) is 38.7. The van der Waals surface area contributed by atoms with E-state index in [9.17, 15) is 0 Å². The van der Waals surface area contributed by atoms with E-state index in [0.717, 1.165) is 38.6 Å². The Kier molecular flexibility index (Phi) is 57.2. The van der Waals surface area contributed by atoms with Gasteiger partial charge in [-0.2, -0.15) is 33.6 Å². The number of nitrogens with zero attached hydrogens (tertiary/aromatic N) is 29. The van der Waals surface area contributed by atoms with E-state index < -0.39 is 0 Å². The summed E-state index contributed by atoms with van der Waals surface area (Å²) in [6, 6.07) is 4.00. The minimum absolute atomic E-state index is 0.623. The molecule has 33 heteroatoms. The zero-order valence-corrected chi connectivity index (χ0v) is 55.2. The Hall–Kier alpha value is -8.62. The molecule has 82 heavy (non-hydrogen) atoms. The lowest BCUT2D eigenvalue weighted by atomic mass is 10.4. The molecule has 0 spiro atoms. The molecule has 0 aliphatic rings. The molecule has 458 valence electrons. The average Bonchev–Trinajstić information content (AvgIpc) is 4.28. The van der Waals surface area contributed by atoms with Crippen molar-refractivity contribution < 1.29 is 9.05 Å². The molecule has 0 unspecified atom stereocenters. The molecule has 11 heterocycles. The Balaban J connectivity index is -0.000000261. The van der Waals surface area contributed by atoms with Crippen LogP contribution in [0.25, 0.3) is 0 Å². The van der Waals surface area contributed by atoms with Gasteiger partial charge in [-0.3, -0.25) is 9.36 Å². The summed E-state index contributed by atoms with van der Waals surface area (Å²) in [5, 5.41) is 70.8. The Morgan fingerprint density at radius 2 is 0.951 bits per heavy atom. The highest BCUT2D eigenvalue weighted by atomic mass is 32.1. The second-order valence-corrected chi connectivity index (χ2v) is 15.8. The first kappa shape index (κ1) is 82.2. The number of aryl methyl sites for hydroxylation is 17. The van der Waals surface area contributed by atoms with Gasteiger partial charge in [0, 0.05) is 74.7 Å². The van der Waals surface area contributed by atoms with Crippen LogP contribution in [0, 0.1) is 69.2 Å². The quantitative estimate of drug-likeness (QED) is 0.138. The molecule has 11 rings (SSSR count). The van der Waals surface area contributed by atoms with E-state index >= 15 is 0 Å². The predicted octanol–water partition coefficient (Wildman–Crippen LogP) is 8.14. The van der Waals surface area contributed by atoms with Crippen molar-refractivity contribution in [3.8, 4) is 0 Å². The lowest BCUT2D eigenvalue weighted by Crippen LogP contribution is -1.92. The molecule has 0 saturated heterocycles. The van der Waals surface area contributed by atoms with Gasteiger partial charge in [0.2, 0.25) is 11.8 Å². The molecule has 0 saturated carbocycles. The van der Waals surface area contributed by atoms with Gasteiger partial charge >= 0.3 is 0 Å². The first-order valence-corrected chi connectivity index (χ1v) is 27.5. The summed E-state index contributed by atoms with van der Waals surface area (Å²) in [6.07, 6.45) is 17.1. The zero-order chi connectivity index (χ0) is 63.7. The van der Waals surface area contributed by atoms with Gasteiger partial charge in [-0.25, -0.2) is 14.3 Å². The van der Waals surface area contributed by atoms with Crippen LogP contribution in [0.15, 0.2) is 83.7 Å². The van der Waals surface area contributed by atoms with Gasteiger partial charge in [0.05, 0.1) is 48.8 Å². The van der Waals surface area contributed by atoms with Crippen LogP contribution in [0.4, 0.5) is 0 Å². The molecular formula is C49H93N29O2S2. The van der Waals surface area contributed by atoms with E-state index in [1.165, 1.54) is 27.6 Å². The number of aromatic nitrogens is 29. The standard InChI is InChI=1S/C5H7N.2C4H6N2O.2C4H6N2S.2C3H6N4.4C3H5N3.5C2H6/c1-6-4-2-3-5-6;1-3-5-6-4(2)7-3;1-3-4(2)6-7-5-3;1-3-5-6-4(2)7-3;1-3-4(2)6-7-5-3;1-3-4-5-6-7(3)2;1-3-4-6-7(2)5-3;1-6-2-4-5-3-6;1-6-3-4-2-5-6;1-6-3-2-4-5-6;1-6-4-2-3-5-6;5*1-2/h2-5H,1H3;6*1-2H3;4*2-3H,1H3;5*1-2H3. The van der Waals surface area contributed by atoms with Gasteiger partial charge in [0.1, 0.15) is 52.5 Å². The molecule has 0 aromatic carbocycles. The molecule has 31 nitrogen and oxygen atoms in total.